The first kappa shape index (κ1) is 14.5. The zero-order valence-electron chi connectivity index (χ0n) is 10.3. The van der Waals surface area contributed by atoms with E-state index in [1.807, 2.05) is 0 Å². The molecule has 1 heterocycles. The Balaban J connectivity index is 1.77. The molecule has 1 aliphatic heterocycles. The summed E-state index contributed by atoms with van der Waals surface area (Å²) in [6.07, 6.45) is 0. The number of benzene rings is 2. The standard InChI is InChI=1S/C16H10Br2S2/c17-13-5-1-11(2-6-13)15-9-20-16(10-19-15)12-3-7-14(18)8-4-12/h1-10H. The molecule has 2 aromatic carbocycles. The summed E-state index contributed by atoms with van der Waals surface area (Å²) in [6.45, 7) is 0. The Morgan fingerprint density at radius 1 is 0.550 bits per heavy atom. The Hall–Kier alpha value is -0.420. The lowest BCUT2D eigenvalue weighted by Crippen LogP contribution is -1.84. The van der Waals surface area contributed by atoms with Gasteiger partial charge in [0.25, 0.3) is 0 Å². The van der Waals surface area contributed by atoms with Crippen LogP contribution in [-0.4, -0.2) is 0 Å². The van der Waals surface area contributed by atoms with E-state index in [9.17, 15) is 0 Å². The van der Waals surface area contributed by atoms with Crippen LogP contribution in [0.25, 0.3) is 9.81 Å². The predicted molar refractivity (Wildman–Crippen MR) is 99.4 cm³/mol. The molecule has 100 valence electrons. The van der Waals surface area contributed by atoms with Crippen LogP contribution in [-0.2, 0) is 0 Å². The third-order valence-corrected chi connectivity index (χ3v) is 6.12. The number of hydrogen-bond donors (Lipinski definition) is 0. The van der Waals surface area contributed by atoms with Gasteiger partial charge in [0, 0.05) is 18.8 Å². The second-order valence-electron chi connectivity index (χ2n) is 4.21. The van der Waals surface area contributed by atoms with Crippen LogP contribution in [0.1, 0.15) is 11.1 Å². The topological polar surface area (TPSA) is 0 Å². The van der Waals surface area contributed by atoms with Crippen LogP contribution in [0.3, 0.4) is 0 Å². The lowest BCUT2D eigenvalue weighted by Gasteiger charge is -2.13. The number of hydrogen-bond acceptors (Lipinski definition) is 2. The van der Waals surface area contributed by atoms with Crippen LogP contribution in [0.4, 0.5) is 0 Å². The highest BCUT2D eigenvalue weighted by Crippen LogP contribution is 2.43. The molecule has 3 rings (SSSR count). The fourth-order valence-corrected chi connectivity index (χ4v) is 4.34. The predicted octanol–water partition coefficient (Wildman–Crippen LogP) is 6.99. The highest BCUT2D eigenvalue weighted by molar-refractivity contribution is 9.10. The van der Waals surface area contributed by atoms with Gasteiger partial charge in [-0.05, 0) is 46.2 Å². The Bertz CT molecular complexity index is 609. The molecule has 0 amide bonds. The van der Waals surface area contributed by atoms with E-state index < -0.39 is 0 Å². The van der Waals surface area contributed by atoms with E-state index >= 15 is 0 Å². The fraction of sp³-hybridized carbons (Fsp3) is 0. The molecule has 0 aliphatic carbocycles. The van der Waals surface area contributed by atoms with Gasteiger partial charge in [-0.1, -0.05) is 79.6 Å². The maximum absolute atomic E-state index is 3.47. The number of halogens is 2. The smallest absolute Gasteiger partial charge is 0.0255 e. The molecule has 1 aliphatic rings. The molecule has 0 aromatic heterocycles. The van der Waals surface area contributed by atoms with Gasteiger partial charge in [-0.3, -0.25) is 0 Å². The van der Waals surface area contributed by atoms with Gasteiger partial charge in [-0.25, -0.2) is 0 Å². The third kappa shape index (κ3) is 3.42. The normalized spacial score (nSPS) is 14.7. The summed E-state index contributed by atoms with van der Waals surface area (Å²) in [7, 11) is 0. The lowest BCUT2D eigenvalue weighted by atomic mass is 10.2. The highest BCUT2D eigenvalue weighted by Gasteiger charge is 2.10. The van der Waals surface area contributed by atoms with Crippen molar-refractivity contribution in [1.82, 2.24) is 0 Å². The molecule has 0 atom stereocenters. The first-order valence-corrected chi connectivity index (χ1v) is 9.32. The monoisotopic (exact) mass is 424 g/mol. The van der Waals surface area contributed by atoms with Gasteiger partial charge in [0.2, 0.25) is 0 Å². The molecule has 0 radical (unpaired) electrons. The number of rotatable bonds is 2. The second-order valence-corrected chi connectivity index (χ2v) is 7.87. The van der Waals surface area contributed by atoms with Gasteiger partial charge in [-0.15, -0.1) is 0 Å². The summed E-state index contributed by atoms with van der Waals surface area (Å²) in [4.78, 5) is 2.59. The van der Waals surface area contributed by atoms with Crippen LogP contribution in [0.2, 0.25) is 0 Å². The largest absolute Gasteiger partial charge is 0.0957 e. The van der Waals surface area contributed by atoms with Crippen LogP contribution in [0.15, 0.2) is 68.3 Å². The second kappa shape index (κ2) is 6.56. The van der Waals surface area contributed by atoms with Crippen molar-refractivity contribution in [3.63, 3.8) is 0 Å². The molecular formula is C16H10Br2S2. The van der Waals surface area contributed by atoms with E-state index in [4.69, 9.17) is 0 Å². The average molecular weight is 426 g/mol. The van der Waals surface area contributed by atoms with Crippen molar-refractivity contribution in [2.45, 2.75) is 0 Å². The Morgan fingerprint density at radius 3 is 1.20 bits per heavy atom. The SMILES string of the molecule is Brc1ccc(C2=CSC(c3ccc(Br)cc3)=CS2)cc1. The van der Waals surface area contributed by atoms with Gasteiger partial charge in [0.15, 0.2) is 0 Å². The van der Waals surface area contributed by atoms with Crippen molar-refractivity contribution >= 4 is 65.2 Å². The van der Waals surface area contributed by atoms with Crippen LogP contribution in [0.5, 0.6) is 0 Å². The minimum Gasteiger partial charge on any atom is -0.0957 e. The molecule has 2 aromatic rings. The van der Waals surface area contributed by atoms with Gasteiger partial charge in [0.05, 0.1) is 0 Å². The van der Waals surface area contributed by atoms with Gasteiger partial charge in [0.1, 0.15) is 0 Å². The Kier molecular flexibility index (Phi) is 4.76. The molecule has 0 fully saturated rings. The minimum absolute atomic E-state index is 1.11. The first-order chi connectivity index (χ1) is 9.72. The van der Waals surface area contributed by atoms with Gasteiger partial charge in [-0.2, -0.15) is 0 Å². The molecule has 0 spiro atoms. The molecule has 0 nitrogen and oxygen atoms in total. The summed E-state index contributed by atoms with van der Waals surface area (Å²) in [5, 5.41) is 4.45. The fourth-order valence-electron chi connectivity index (χ4n) is 1.79. The van der Waals surface area contributed by atoms with Crippen molar-refractivity contribution in [2.75, 3.05) is 0 Å². The zero-order chi connectivity index (χ0) is 13.9. The molecule has 0 bridgehead atoms. The van der Waals surface area contributed by atoms with E-state index in [1.54, 1.807) is 23.5 Å². The maximum Gasteiger partial charge on any atom is 0.0255 e. The molecule has 0 saturated carbocycles. The van der Waals surface area contributed by atoms with E-state index in [2.05, 4.69) is 91.2 Å². The number of thioether (sulfide) groups is 2. The molecule has 0 unspecified atom stereocenters. The van der Waals surface area contributed by atoms with Crippen LogP contribution in [0, 0.1) is 0 Å². The van der Waals surface area contributed by atoms with Crippen molar-refractivity contribution in [1.29, 1.82) is 0 Å². The van der Waals surface area contributed by atoms with E-state index in [-0.39, 0.29) is 0 Å². The van der Waals surface area contributed by atoms with Crippen molar-refractivity contribution < 1.29 is 0 Å². The Morgan fingerprint density at radius 2 is 0.900 bits per heavy atom. The summed E-state index contributed by atoms with van der Waals surface area (Å²) < 4.78 is 2.22. The summed E-state index contributed by atoms with van der Waals surface area (Å²) >= 11 is 10.5. The summed E-state index contributed by atoms with van der Waals surface area (Å²) in [6, 6.07) is 16.9. The van der Waals surface area contributed by atoms with Gasteiger partial charge >= 0.3 is 0 Å². The first-order valence-electron chi connectivity index (χ1n) is 5.98. The average Bonchev–Trinajstić information content (AvgIpc) is 2.49. The molecular weight excluding hydrogens is 416 g/mol. The maximum atomic E-state index is 3.47. The van der Waals surface area contributed by atoms with E-state index in [1.165, 1.54) is 20.9 Å². The van der Waals surface area contributed by atoms with Crippen molar-refractivity contribution in [3.05, 3.63) is 79.4 Å². The van der Waals surface area contributed by atoms with Crippen molar-refractivity contribution in [2.24, 2.45) is 0 Å². The third-order valence-electron chi connectivity index (χ3n) is 2.84. The molecule has 20 heavy (non-hydrogen) atoms. The highest BCUT2D eigenvalue weighted by atomic mass is 79.9. The van der Waals surface area contributed by atoms with E-state index in [0.717, 1.165) is 8.95 Å². The van der Waals surface area contributed by atoms with E-state index in [0.29, 0.717) is 0 Å². The Labute approximate surface area is 144 Å². The lowest BCUT2D eigenvalue weighted by molar-refractivity contribution is 1.60. The summed E-state index contributed by atoms with van der Waals surface area (Å²) in [5.41, 5.74) is 2.52. The molecule has 0 saturated heterocycles. The molecule has 0 N–H and O–H groups in total. The molecule has 4 heteroatoms. The van der Waals surface area contributed by atoms with Crippen LogP contribution < -0.4 is 0 Å². The minimum atomic E-state index is 1.11. The zero-order valence-corrected chi connectivity index (χ0v) is 15.2. The van der Waals surface area contributed by atoms with Gasteiger partial charge < -0.3 is 0 Å². The van der Waals surface area contributed by atoms with Crippen molar-refractivity contribution in [3.8, 4) is 0 Å². The summed E-state index contributed by atoms with van der Waals surface area (Å²) in [5.74, 6) is 0. The quantitative estimate of drug-likeness (QED) is 0.508. The van der Waals surface area contributed by atoms with Crippen LogP contribution >= 0.6 is 55.4 Å².